The summed E-state index contributed by atoms with van der Waals surface area (Å²) in [6.07, 6.45) is 0. The van der Waals surface area contributed by atoms with E-state index in [1.54, 1.807) is 30.3 Å². The van der Waals surface area contributed by atoms with Crippen molar-refractivity contribution in [3.8, 4) is 0 Å². The molecule has 5 nitrogen and oxygen atoms in total. The van der Waals surface area contributed by atoms with Gasteiger partial charge in [-0.25, -0.2) is 4.99 Å². The van der Waals surface area contributed by atoms with Crippen LogP contribution in [-0.4, -0.2) is 37.4 Å². The summed E-state index contributed by atoms with van der Waals surface area (Å²) in [5.74, 6) is 0.597. The highest BCUT2D eigenvalue weighted by Crippen LogP contribution is 2.20. The van der Waals surface area contributed by atoms with E-state index in [0.29, 0.717) is 12.5 Å². The number of benzene rings is 2. The normalized spacial score (nSPS) is 12.6. The molecule has 0 spiro atoms. The molecule has 1 unspecified atom stereocenters. The van der Waals surface area contributed by atoms with E-state index >= 15 is 0 Å². The van der Waals surface area contributed by atoms with Crippen molar-refractivity contribution in [2.75, 3.05) is 20.6 Å². The highest BCUT2D eigenvalue weighted by atomic mass is 32.1. The predicted molar refractivity (Wildman–Crippen MR) is 118 cm³/mol. The van der Waals surface area contributed by atoms with E-state index in [1.165, 1.54) is 21.2 Å². The fraction of sp³-hybridized carbons (Fsp3) is 0.273. The molecule has 1 heterocycles. The van der Waals surface area contributed by atoms with Gasteiger partial charge in [-0.2, -0.15) is 0 Å². The Morgan fingerprint density at radius 2 is 1.89 bits per heavy atom. The third-order valence-corrected chi connectivity index (χ3v) is 5.38. The van der Waals surface area contributed by atoms with E-state index in [9.17, 15) is 4.79 Å². The SMILES string of the molecule is CC(NC(=NCC(=O)N(C)C)NCc1cccs1)c1ccc2ccccc2c1. The molecule has 28 heavy (non-hydrogen) atoms. The standard InChI is InChI=1S/C22H26N4OS/c1-16(18-11-10-17-7-4-5-8-19(17)13-18)25-22(24-15-21(27)26(2)3)23-14-20-9-6-12-28-20/h4-13,16H,14-15H2,1-3H3,(H2,23,24,25). The van der Waals surface area contributed by atoms with Crippen LogP contribution in [-0.2, 0) is 11.3 Å². The summed E-state index contributed by atoms with van der Waals surface area (Å²) in [5.41, 5.74) is 1.17. The Balaban J connectivity index is 1.73. The van der Waals surface area contributed by atoms with E-state index in [-0.39, 0.29) is 18.5 Å². The Labute approximate surface area is 170 Å². The number of amides is 1. The maximum Gasteiger partial charge on any atom is 0.243 e. The largest absolute Gasteiger partial charge is 0.351 e. The third kappa shape index (κ3) is 5.33. The molecule has 0 fully saturated rings. The molecule has 0 aliphatic carbocycles. The van der Waals surface area contributed by atoms with Gasteiger partial charge in [0.2, 0.25) is 5.91 Å². The monoisotopic (exact) mass is 394 g/mol. The smallest absolute Gasteiger partial charge is 0.243 e. The van der Waals surface area contributed by atoms with Crippen molar-refractivity contribution >= 4 is 34.0 Å². The number of carbonyl (C=O) groups excluding carboxylic acids is 1. The molecule has 0 radical (unpaired) electrons. The molecule has 1 atom stereocenters. The molecule has 2 aromatic carbocycles. The minimum absolute atomic E-state index is 0.0319. The minimum atomic E-state index is -0.0319. The number of hydrogen-bond donors (Lipinski definition) is 2. The zero-order valence-corrected chi connectivity index (χ0v) is 17.3. The van der Waals surface area contributed by atoms with Gasteiger partial charge in [-0.15, -0.1) is 11.3 Å². The van der Waals surface area contributed by atoms with E-state index < -0.39 is 0 Å². The van der Waals surface area contributed by atoms with Crippen LogP contribution in [0.25, 0.3) is 10.8 Å². The van der Waals surface area contributed by atoms with Crippen molar-refractivity contribution in [1.82, 2.24) is 15.5 Å². The van der Waals surface area contributed by atoms with Gasteiger partial charge in [-0.3, -0.25) is 4.79 Å². The van der Waals surface area contributed by atoms with Crippen molar-refractivity contribution in [1.29, 1.82) is 0 Å². The Hall–Kier alpha value is -2.86. The first-order chi connectivity index (χ1) is 13.5. The molecule has 1 amide bonds. The van der Waals surface area contributed by atoms with Crippen LogP contribution in [0.5, 0.6) is 0 Å². The van der Waals surface area contributed by atoms with Crippen molar-refractivity contribution in [2.24, 2.45) is 4.99 Å². The molecule has 0 aliphatic heterocycles. The lowest BCUT2D eigenvalue weighted by Gasteiger charge is -2.19. The molecular weight excluding hydrogens is 368 g/mol. The van der Waals surface area contributed by atoms with Crippen LogP contribution in [0, 0.1) is 0 Å². The van der Waals surface area contributed by atoms with Crippen LogP contribution in [0.2, 0.25) is 0 Å². The first-order valence-electron chi connectivity index (χ1n) is 9.29. The minimum Gasteiger partial charge on any atom is -0.351 e. The van der Waals surface area contributed by atoms with E-state index in [4.69, 9.17) is 0 Å². The number of aliphatic imine (C=N–C) groups is 1. The van der Waals surface area contributed by atoms with Crippen molar-refractivity contribution < 1.29 is 4.79 Å². The lowest BCUT2D eigenvalue weighted by atomic mass is 10.0. The average Bonchev–Trinajstić information content (AvgIpc) is 3.22. The zero-order chi connectivity index (χ0) is 19.9. The number of nitrogens with zero attached hydrogens (tertiary/aromatic N) is 2. The van der Waals surface area contributed by atoms with Gasteiger partial charge in [0.15, 0.2) is 5.96 Å². The lowest BCUT2D eigenvalue weighted by molar-refractivity contribution is -0.127. The van der Waals surface area contributed by atoms with E-state index in [2.05, 4.69) is 64.3 Å². The first kappa shape index (κ1) is 19.9. The van der Waals surface area contributed by atoms with Crippen molar-refractivity contribution in [2.45, 2.75) is 19.5 Å². The Kier molecular flexibility index (Phi) is 6.66. The fourth-order valence-corrected chi connectivity index (χ4v) is 3.43. The summed E-state index contributed by atoms with van der Waals surface area (Å²) in [6, 6.07) is 18.9. The molecule has 146 valence electrons. The summed E-state index contributed by atoms with van der Waals surface area (Å²) in [7, 11) is 3.48. The number of likely N-dealkylation sites (N-methyl/N-ethyl adjacent to an activating group) is 1. The maximum absolute atomic E-state index is 11.9. The Morgan fingerprint density at radius 1 is 1.11 bits per heavy atom. The van der Waals surface area contributed by atoms with Gasteiger partial charge in [0.05, 0.1) is 12.6 Å². The third-order valence-electron chi connectivity index (χ3n) is 4.51. The lowest BCUT2D eigenvalue weighted by Crippen LogP contribution is -2.39. The van der Waals surface area contributed by atoms with Crippen LogP contribution in [0.4, 0.5) is 0 Å². The van der Waals surface area contributed by atoms with Gasteiger partial charge >= 0.3 is 0 Å². The summed E-state index contributed by atoms with van der Waals surface area (Å²) >= 11 is 1.69. The van der Waals surface area contributed by atoms with Crippen LogP contribution in [0.3, 0.4) is 0 Å². The topological polar surface area (TPSA) is 56.7 Å². The van der Waals surface area contributed by atoms with Crippen molar-refractivity contribution in [3.05, 3.63) is 70.4 Å². The molecule has 0 bridgehead atoms. The second kappa shape index (κ2) is 9.37. The molecule has 3 aromatic rings. The quantitative estimate of drug-likeness (QED) is 0.494. The van der Waals surface area contributed by atoms with Crippen LogP contribution >= 0.6 is 11.3 Å². The van der Waals surface area contributed by atoms with Gasteiger partial charge in [0.1, 0.15) is 6.54 Å². The molecule has 0 aliphatic rings. The fourth-order valence-electron chi connectivity index (χ4n) is 2.79. The van der Waals surface area contributed by atoms with Crippen LogP contribution < -0.4 is 10.6 Å². The molecule has 3 rings (SSSR count). The molecule has 0 saturated carbocycles. The summed E-state index contributed by atoms with van der Waals surface area (Å²) in [6.45, 7) is 2.88. The van der Waals surface area contributed by atoms with Gasteiger partial charge in [-0.05, 0) is 40.8 Å². The molecule has 0 saturated heterocycles. The van der Waals surface area contributed by atoms with Crippen LogP contribution in [0.1, 0.15) is 23.4 Å². The molecule has 6 heteroatoms. The number of guanidine groups is 1. The molecule has 1 aromatic heterocycles. The van der Waals surface area contributed by atoms with E-state index in [0.717, 1.165) is 0 Å². The van der Waals surface area contributed by atoms with Gasteiger partial charge in [0, 0.05) is 19.0 Å². The van der Waals surface area contributed by atoms with Gasteiger partial charge in [-0.1, -0.05) is 42.5 Å². The van der Waals surface area contributed by atoms with Gasteiger partial charge < -0.3 is 15.5 Å². The predicted octanol–water partition coefficient (Wildman–Crippen LogP) is 3.79. The zero-order valence-electron chi connectivity index (χ0n) is 16.5. The molecular formula is C22H26N4OS. The summed E-state index contributed by atoms with van der Waals surface area (Å²) in [4.78, 5) is 19.2. The van der Waals surface area contributed by atoms with Gasteiger partial charge in [0.25, 0.3) is 0 Å². The number of hydrogen-bond acceptors (Lipinski definition) is 3. The number of fused-ring (bicyclic) bond motifs is 1. The van der Waals surface area contributed by atoms with Crippen LogP contribution in [0.15, 0.2) is 65.0 Å². The number of rotatable bonds is 6. The average molecular weight is 395 g/mol. The Bertz CT molecular complexity index is 950. The number of carbonyl (C=O) groups is 1. The maximum atomic E-state index is 11.9. The molecule has 2 N–H and O–H groups in total. The highest BCUT2D eigenvalue weighted by Gasteiger charge is 2.11. The summed E-state index contributed by atoms with van der Waals surface area (Å²) in [5, 5.41) is 11.2. The summed E-state index contributed by atoms with van der Waals surface area (Å²) < 4.78 is 0. The second-order valence-corrected chi connectivity index (χ2v) is 7.89. The first-order valence-corrected chi connectivity index (χ1v) is 10.2. The number of thiophene rings is 1. The highest BCUT2D eigenvalue weighted by molar-refractivity contribution is 7.09. The Morgan fingerprint density at radius 3 is 2.61 bits per heavy atom. The van der Waals surface area contributed by atoms with E-state index in [1.807, 2.05) is 18.2 Å². The second-order valence-electron chi connectivity index (χ2n) is 6.86. The number of nitrogens with one attached hydrogen (secondary N) is 2. The van der Waals surface area contributed by atoms with Crippen molar-refractivity contribution in [3.63, 3.8) is 0 Å².